The number of aromatic nitrogens is 4. The van der Waals surface area contributed by atoms with Crippen molar-refractivity contribution in [2.24, 2.45) is 0 Å². The summed E-state index contributed by atoms with van der Waals surface area (Å²) >= 11 is 1.80. The summed E-state index contributed by atoms with van der Waals surface area (Å²) in [5, 5.41) is 14.0. The molecule has 16 aromatic rings. The SMILES string of the molecule is CC.CC.CC.CC.CC.CC.CC.CC.CC.Cc1cc2[nH]c3ccccc3c(=O)c2cc1C.Cc1cc2cc3ccccc3cc2cc1C.Cc1cc2cc3ccccc3nc2cc1C.Cc1cc2ccccc2cc1C.Cc1ccccc1C.Cc1cccnc1C.Cc1ccncc1C.Cc1ccoc1C.Cc1ccsc1C. The van der Waals surface area contributed by atoms with Gasteiger partial charge in [0, 0.05) is 56.2 Å². The number of aromatic amines is 1. The predicted molar refractivity (Wildman–Crippen MR) is 532 cm³/mol. The Hall–Kier alpha value is -10.6. The maximum atomic E-state index is 12.3. The summed E-state index contributed by atoms with van der Waals surface area (Å²) in [6.45, 7) is 73.7. The topological polar surface area (TPSA) is 84.7 Å². The molecule has 0 aliphatic rings. The molecule has 6 nitrogen and oxygen atoms in total. The first-order chi connectivity index (χ1) is 56.4. The Morgan fingerprint density at radius 3 is 1.06 bits per heavy atom. The van der Waals surface area contributed by atoms with Crippen LogP contribution in [0.15, 0.2) is 258 Å². The Kier molecular flexibility index (Phi) is 58.1. The van der Waals surface area contributed by atoms with Crippen molar-refractivity contribution in [3.05, 3.63) is 359 Å². The van der Waals surface area contributed by atoms with Crippen molar-refractivity contribution in [3.8, 4) is 0 Å². The van der Waals surface area contributed by atoms with E-state index < -0.39 is 0 Å². The van der Waals surface area contributed by atoms with Crippen LogP contribution in [0.25, 0.3) is 75.9 Å². The molecule has 1 N–H and O–H groups in total. The lowest BCUT2D eigenvalue weighted by atomic mass is 9.99. The lowest BCUT2D eigenvalue weighted by Gasteiger charge is -2.06. The average Bonchev–Trinajstić information content (AvgIpc) is 0.852. The predicted octanol–water partition coefficient (Wildman–Crippen LogP) is 34.6. The summed E-state index contributed by atoms with van der Waals surface area (Å²) in [4.78, 5) is 29.8. The first-order valence-corrected chi connectivity index (χ1v) is 43.8. The second kappa shape index (κ2) is 62.7. The molecule has 0 radical (unpaired) electrons. The van der Waals surface area contributed by atoms with Crippen LogP contribution in [0.4, 0.5) is 0 Å². The van der Waals surface area contributed by atoms with Crippen LogP contribution >= 0.6 is 11.3 Å². The van der Waals surface area contributed by atoms with Crippen molar-refractivity contribution in [1.82, 2.24) is 19.9 Å². The summed E-state index contributed by atoms with van der Waals surface area (Å²) in [5.41, 5.74) is 24.8. The summed E-state index contributed by atoms with van der Waals surface area (Å²) in [6, 6.07) is 75.5. The molecule has 117 heavy (non-hydrogen) atoms. The Morgan fingerprint density at radius 1 is 0.282 bits per heavy atom. The van der Waals surface area contributed by atoms with E-state index in [0.717, 1.165) is 49.9 Å². The molecule has 16 rings (SSSR count). The lowest BCUT2D eigenvalue weighted by molar-refractivity contribution is 0.532. The van der Waals surface area contributed by atoms with E-state index in [0.29, 0.717) is 0 Å². The van der Waals surface area contributed by atoms with Gasteiger partial charge in [-0.15, -0.1) is 11.3 Å². The number of hydrogen-bond donors (Lipinski definition) is 1. The molecule has 0 aliphatic carbocycles. The molecule has 0 fully saturated rings. The minimum atomic E-state index is 0.109. The van der Waals surface area contributed by atoms with Crippen LogP contribution < -0.4 is 5.43 Å². The number of thiophene rings is 1. The van der Waals surface area contributed by atoms with Crippen molar-refractivity contribution in [2.75, 3.05) is 0 Å². The molecule has 628 valence electrons. The summed E-state index contributed by atoms with van der Waals surface area (Å²) < 4.78 is 4.96. The number of fused-ring (bicyclic) bond motifs is 7. The smallest absolute Gasteiger partial charge is 0.197 e. The molecule has 0 saturated carbocycles. The number of benzene rings is 10. The van der Waals surface area contributed by atoms with Crippen LogP contribution in [0.1, 0.15) is 224 Å². The average molecular weight is 1590 g/mol. The van der Waals surface area contributed by atoms with E-state index in [1.807, 2.05) is 232 Å². The molecule has 0 spiro atoms. The highest BCUT2D eigenvalue weighted by molar-refractivity contribution is 7.10. The molecular weight excluding hydrogens is 1440 g/mol. The van der Waals surface area contributed by atoms with E-state index in [9.17, 15) is 4.79 Å². The zero-order valence-electron chi connectivity index (χ0n) is 79.2. The molecular formula is C110H150N4O2S. The number of rotatable bonds is 0. The van der Waals surface area contributed by atoms with Gasteiger partial charge in [0.25, 0.3) is 0 Å². The highest BCUT2D eigenvalue weighted by Crippen LogP contribution is 2.27. The summed E-state index contributed by atoms with van der Waals surface area (Å²) in [6.07, 6.45) is 7.19. The number of nitrogens with zero attached hydrogens (tertiary/aromatic N) is 3. The van der Waals surface area contributed by atoms with Crippen LogP contribution in [0, 0.1) is 125 Å². The fourth-order valence-corrected chi connectivity index (χ4v) is 11.3. The van der Waals surface area contributed by atoms with E-state index in [4.69, 9.17) is 4.42 Å². The zero-order chi connectivity index (χ0) is 89.3. The number of nitrogens with one attached hydrogen (secondary N) is 1. The molecule has 6 heterocycles. The molecule has 0 atom stereocenters. The highest BCUT2D eigenvalue weighted by Gasteiger charge is 2.08. The number of hydrogen-bond acceptors (Lipinski definition) is 6. The Labute approximate surface area is 714 Å². The Balaban J connectivity index is 0. The number of pyridine rings is 4. The first kappa shape index (κ1) is 108. The third kappa shape index (κ3) is 37.1. The Morgan fingerprint density at radius 2 is 0.675 bits per heavy atom. The fraction of sp³-hybridized carbons (Fsp3) is 0.327. The van der Waals surface area contributed by atoms with Crippen LogP contribution in [-0.4, -0.2) is 19.9 Å². The molecule has 0 saturated heterocycles. The van der Waals surface area contributed by atoms with E-state index >= 15 is 0 Å². The van der Waals surface area contributed by atoms with Gasteiger partial charge >= 0.3 is 0 Å². The molecule has 0 amide bonds. The lowest BCUT2D eigenvalue weighted by Crippen LogP contribution is -2.04. The molecule has 0 unspecified atom stereocenters. The van der Waals surface area contributed by atoms with E-state index in [1.54, 1.807) is 17.6 Å². The van der Waals surface area contributed by atoms with Gasteiger partial charge in [-0.05, 0) is 331 Å². The molecule has 6 aromatic heterocycles. The second-order valence-electron chi connectivity index (χ2n) is 25.8. The largest absolute Gasteiger partial charge is 0.469 e. The maximum Gasteiger partial charge on any atom is 0.197 e. The van der Waals surface area contributed by atoms with Gasteiger partial charge in [0.2, 0.25) is 0 Å². The van der Waals surface area contributed by atoms with Crippen molar-refractivity contribution < 1.29 is 4.42 Å². The summed E-state index contributed by atoms with van der Waals surface area (Å²) in [7, 11) is 0. The molecule has 7 heteroatoms. The van der Waals surface area contributed by atoms with Gasteiger partial charge in [-0.1, -0.05) is 258 Å². The van der Waals surface area contributed by atoms with Gasteiger partial charge in [0.05, 0.1) is 22.8 Å². The quantitative estimate of drug-likeness (QED) is 0.153. The zero-order valence-corrected chi connectivity index (χ0v) is 80.1. The number of para-hydroxylation sites is 2. The maximum absolute atomic E-state index is 12.3. The van der Waals surface area contributed by atoms with Gasteiger partial charge < -0.3 is 9.40 Å². The molecule has 10 aromatic carbocycles. The van der Waals surface area contributed by atoms with Gasteiger partial charge in [-0.2, -0.15) is 0 Å². The summed E-state index contributed by atoms with van der Waals surface area (Å²) in [5.74, 6) is 1.01. The van der Waals surface area contributed by atoms with Crippen molar-refractivity contribution in [2.45, 2.75) is 249 Å². The number of furan rings is 1. The van der Waals surface area contributed by atoms with E-state index in [-0.39, 0.29) is 5.43 Å². The number of H-pyrrole nitrogens is 1. The highest BCUT2D eigenvalue weighted by atomic mass is 32.1. The minimum Gasteiger partial charge on any atom is -0.469 e. The molecule has 0 aliphatic heterocycles. The third-order valence-electron chi connectivity index (χ3n) is 18.4. The van der Waals surface area contributed by atoms with Gasteiger partial charge in [0.15, 0.2) is 5.43 Å². The minimum absolute atomic E-state index is 0.109. The van der Waals surface area contributed by atoms with Gasteiger partial charge in [-0.25, -0.2) is 4.98 Å². The van der Waals surface area contributed by atoms with Crippen LogP contribution in [0.5, 0.6) is 0 Å². The Bertz CT molecular complexity index is 4900. The fourth-order valence-electron chi connectivity index (χ4n) is 10.6. The van der Waals surface area contributed by atoms with E-state index in [1.165, 1.54) is 126 Å². The number of aryl methyl sites for hydroxylation is 18. The van der Waals surface area contributed by atoms with Crippen LogP contribution in [0.3, 0.4) is 0 Å². The van der Waals surface area contributed by atoms with Crippen molar-refractivity contribution >= 4 is 87.3 Å². The molecule has 0 bridgehead atoms. The van der Waals surface area contributed by atoms with Crippen LogP contribution in [-0.2, 0) is 0 Å². The van der Waals surface area contributed by atoms with Gasteiger partial charge in [-0.3, -0.25) is 14.8 Å². The van der Waals surface area contributed by atoms with E-state index in [2.05, 4.69) is 280 Å². The normalized spacial score (nSPS) is 9.23. The van der Waals surface area contributed by atoms with Crippen molar-refractivity contribution in [1.29, 1.82) is 0 Å². The van der Waals surface area contributed by atoms with Gasteiger partial charge in [0.1, 0.15) is 5.76 Å². The third-order valence-corrected chi connectivity index (χ3v) is 19.3. The first-order valence-electron chi connectivity index (χ1n) is 42.9. The second-order valence-corrected chi connectivity index (χ2v) is 26.9. The van der Waals surface area contributed by atoms with Crippen molar-refractivity contribution in [3.63, 3.8) is 0 Å². The standard InChI is InChI=1S/C16H14.C15H13NO.C15H13N.C12H12.C8H10.2C7H9N.C6H8O.C6H8S.9C2H6/c1-11-7-15-9-13-5-3-4-6-14(13)10-16(15)8-12(11)2;1-9-7-12-14(8-10(9)2)16-13-6-4-3-5-11(13)15(12)17;1-10-7-13-9-12-5-3-4-6-14(12)16-15(13)8-11(10)2;1-9-7-11-5-3-4-6-12(11)8-10(9)2;1-7-5-3-4-6-8(7)2;1-6-3-4-8-5-7(6)2;1-6-4-3-5-8-7(6)2;2*1-5-3-4-7-6(5)2;9*1-2/h3-10H,1-2H3;3-8H,1-2H3,(H,16,17);3-9H,1-2H3;3-8H,1-2H3;3-6H,1-2H3;2*3-5H,1-2H3;2*3-4H,1-2H3;9*1-2H3. The van der Waals surface area contributed by atoms with Crippen LogP contribution in [0.2, 0.25) is 0 Å². The monoisotopic (exact) mass is 1590 g/mol.